The van der Waals surface area contributed by atoms with E-state index in [2.05, 4.69) is 4.98 Å². The Hall–Kier alpha value is -0.890. The lowest BCUT2D eigenvalue weighted by atomic mass is 10.1. The molecule has 70 valence electrons. The maximum atomic E-state index is 11.1. The number of carbonyl (C=O) groups excluding carboxylic acids is 1. The van der Waals surface area contributed by atoms with Gasteiger partial charge in [0.1, 0.15) is 0 Å². The Balaban J connectivity index is 3.19. The number of ketones is 1. The molecule has 0 amide bonds. The summed E-state index contributed by atoms with van der Waals surface area (Å²) in [6.07, 6.45) is 1.54. The molecule has 0 bridgehead atoms. The minimum atomic E-state index is -0.0192. The van der Waals surface area contributed by atoms with Gasteiger partial charge in [-0.05, 0) is 18.9 Å². The molecule has 0 aliphatic heterocycles. The highest BCUT2D eigenvalue weighted by Crippen LogP contribution is 2.20. The molecule has 13 heavy (non-hydrogen) atoms. The van der Waals surface area contributed by atoms with Gasteiger partial charge >= 0.3 is 0 Å². The number of Topliss-reactive ketones (excluding diaryl/α,β-unsaturated/α-hetero) is 1. The monoisotopic (exact) mass is 197 g/mol. The van der Waals surface area contributed by atoms with Gasteiger partial charge in [0.05, 0.1) is 5.02 Å². The van der Waals surface area contributed by atoms with E-state index < -0.39 is 0 Å². The Bertz CT molecular complexity index is 334. The molecule has 0 N–H and O–H groups in total. The smallest absolute Gasteiger partial charge is 0.161 e. The van der Waals surface area contributed by atoms with Gasteiger partial charge in [0.15, 0.2) is 5.78 Å². The van der Waals surface area contributed by atoms with Gasteiger partial charge in [0, 0.05) is 17.5 Å². The molecule has 0 unspecified atom stereocenters. The van der Waals surface area contributed by atoms with Crippen molar-refractivity contribution >= 4 is 17.4 Å². The van der Waals surface area contributed by atoms with E-state index in [-0.39, 0.29) is 5.78 Å². The van der Waals surface area contributed by atoms with Gasteiger partial charge in [-0.2, -0.15) is 0 Å². The fraction of sp³-hybridized carbons (Fsp3) is 0.400. The Morgan fingerprint density at radius 2 is 2.15 bits per heavy atom. The third-order valence-corrected chi connectivity index (χ3v) is 2.15. The summed E-state index contributed by atoms with van der Waals surface area (Å²) in [5.41, 5.74) is 1.45. The van der Waals surface area contributed by atoms with Crippen LogP contribution in [0.25, 0.3) is 0 Å². The van der Waals surface area contributed by atoms with E-state index in [1.54, 1.807) is 6.07 Å². The molecule has 2 nitrogen and oxygen atoms in total. The molecule has 1 heterocycles. The zero-order valence-electron chi connectivity index (χ0n) is 7.97. The molecule has 0 aliphatic carbocycles. The van der Waals surface area contributed by atoms with Crippen LogP contribution in [0.15, 0.2) is 12.3 Å². The highest BCUT2D eigenvalue weighted by atomic mass is 35.5. The van der Waals surface area contributed by atoms with Crippen molar-refractivity contribution in [3.63, 3.8) is 0 Å². The van der Waals surface area contributed by atoms with Crippen LogP contribution >= 0.6 is 11.6 Å². The van der Waals surface area contributed by atoms with Crippen molar-refractivity contribution in [2.24, 2.45) is 0 Å². The largest absolute Gasteiger partial charge is 0.294 e. The molecule has 0 spiro atoms. The van der Waals surface area contributed by atoms with Crippen molar-refractivity contribution < 1.29 is 4.79 Å². The molecule has 0 aromatic carbocycles. The lowest BCUT2D eigenvalue weighted by molar-refractivity contribution is 0.101. The van der Waals surface area contributed by atoms with Gasteiger partial charge in [0.2, 0.25) is 0 Å². The average Bonchev–Trinajstić information content (AvgIpc) is 2.04. The number of hydrogen-bond acceptors (Lipinski definition) is 2. The first-order chi connectivity index (χ1) is 6.02. The number of aromatic nitrogens is 1. The average molecular weight is 198 g/mol. The third kappa shape index (κ3) is 2.28. The summed E-state index contributed by atoms with van der Waals surface area (Å²) in [4.78, 5) is 15.3. The summed E-state index contributed by atoms with van der Waals surface area (Å²) in [5, 5.41) is 0.428. The maximum absolute atomic E-state index is 11.1. The van der Waals surface area contributed by atoms with Gasteiger partial charge in [0.25, 0.3) is 0 Å². The molecular formula is C10H12ClNO. The second kappa shape index (κ2) is 3.88. The summed E-state index contributed by atoms with van der Waals surface area (Å²) in [5.74, 6) is 0.296. The molecule has 0 radical (unpaired) electrons. The normalized spacial score (nSPS) is 10.5. The molecule has 1 aromatic rings. The summed E-state index contributed by atoms with van der Waals surface area (Å²) in [7, 11) is 0. The van der Waals surface area contributed by atoms with Gasteiger partial charge in [-0.3, -0.25) is 9.78 Å². The summed E-state index contributed by atoms with van der Waals surface area (Å²) >= 11 is 5.81. The number of carbonyl (C=O) groups is 1. The van der Waals surface area contributed by atoms with Gasteiger partial charge in [-0.15, -0.1) is 0 Å². The van der Waals surface area contributed by atoms with E-state index in [0.29, 0.717) is 16.5 Å². The summed E-state index contributed by atoms with van der Waals surface area (Å²) < 4.78 is 0. The number of halogens is 1. The molecule has 1 rings (SSSR count). The predicted molar refractivity (Wildman–Crippen MR) is 53.3 cm³/mol. The first kappa shape index (κ1) is 10.2. The fourth-order valence-corrected chi connectivity index (χ4v) is 1.28. The maximum Gasteiger partial charge on any atom is 0.161 e. The van der Waals surface area contributed by atoms with Crippen molar-refractivity contribution in [2.75, 3.05) is 0 Å². The van der Waals surface area contributed by atoms with E-state index in [1.165, 1.54) is 13.1 Å². The molecule has 1 aromatic heterocycles. The number of rotatable bonds is 2. The SMILES string of the molecule is CC(=O)c1cc(C(C)C)ncc1Cl. The highest BCUT2D eigenvalue weighted by Gasteiger charge is 2.09. The summed E-state index contributed by atoms with van der Waals surface area (Å²) in [6.45, 7) is 5.56. The quantitative estimate of drug-likeness (QED) is 0.683. The minimum Gasteiger partial charge on any atom is -0.294 e. The van der Waals surface area contributed by atoms with E-state index >= 15 is 0 Å². The molecule has 0 aliphatic rings. The topological polar surface area (TPSA) is 30.0 Å². The highest BCUT2D eigenvalue weighted by molar-refractivity contribution is 6.33. The van der Waals surface area contributed by atoms with Crippen LogP contribution in [-0.2, 0) is 0 Å². The number of hydrogen-bond donors (Lipinski definition) is 0. The van der Waals surface area contributed by atoms with E-state index in [1.807, 2.05) is 13.8 Å². The van der Waals surface area contributed by atoms with Gasteiger partial charge in [-0.25, -0.2) is 0 Å². The molecular weight excluding hydrogens is 186 g/mol. The number of nitrogens with zero attached hydrogens (tertiary/aromatic N) is 1. The predicted octanol–water partition coefficient (Wildman–Crippen LogP) is 3.06. The first-order valence-corrected chi connectivity index (χ1v) is 4.56. The number of pyridine rings is 1. The van der Waals surface area contributed by atoms with Crippen molar-refractivity contribution in [1.29, 1.82) is 0 Å². The molecule has 0 fully saturated rings. The molecule has 3 heteroatoms. The van der Waals surface area contributed by atoms with Crippen LogP contribution in [0.3, 0.4) is 0 Å². The molecule has 0 saturated heterocycles. The van der Waals surface area contributed by atoms with Crippen molar-refractivity contribution in [3.05, 3.63) is 28.5 Å². The van der Waals surface area contributed by atoms with Crippen LogP contribution < -0.4 is 0 Å². The first-order valence-electron chi connectivity index (χ1n) is 4.18. The van der Waals surface area contributed by atoms with Crippen LogP contribution in [0, 0.1) is 0 Å². The molecule has 0 saturated carbocycles. The van der Waals surface area contributed by atoms with Crippen molar-refractivity contribution in [3.8, 4) is 0 Å². The third-order valence-electron chi connectivity index (χ3n) is 1.85. The standard InChI is InChI=1S/C10H12ClNO/c1-6(2)10-4-8(7(3)13)9(11)5-12-10/h4-6H,1-3H3. The van der Waals surface area contributed by atoms with Crippen LogP contribution in [0.5, 0.6) is 0 Å². The minimum absolute atomic E-state index is 0.0192. The van der Waals surface area contributed by atoms with E-state index in [9.17, 15) is 4.79 Å². The Labute approximate surface area is 82.9 Å². The molecule has 0 atom stereocenters. The van der Waals surface area contributed by atoms with Crippen LogP contribution in [0.2, 0.25) is 5.02 Å². The summed E-state index contributed by atoms with van der Waals surface area (Å²) in [6, 6.07) is 1.76. The Morgan fingerprint density at radius 1 is 1.54 bits per heavy atom. The second-order valence-electron chi connectivity index (χ2n) is 3.30. The van der Waals surface area contributed by atoms with Crippen LogP contribution in [0.4, 0.5) is 0 Å². The lowest BCUT2D eigenvalue weighted by Gasteiger charge is -2.06. The Morgan fingerprint density at radius 3 is 2.62 bits per heavy atom. The zero-order valence-corrected chi connectivity index (χ0v) is 8.72. The van der Waals surface area contributed by atoms with E-state index in [4.69, 9.17) is 11.6 Å². The van der Waals surface area contributed by atoms with Crippen LogP contribution in [0.1, 0.15) is 42.7 Å². The van der Waals surface area contributed by atoms with Gasteiger partial charge in [-0.1, -0.05) is 25.4 Å². The van der Waals surface area contributed by atoms with Crippen molar-refractivity contribution in [1.82, 2.24) is 4.98 Å². The van der Waals surface area contributed by atoms with Gasteiger partial charge < -0.3 is 0 Å². The van der Waals surface area contributed by atoms with Crippen molar-refractivity contribution in [2.45, 2.75) is 26.7 Å². The van der Waals surface area contributed by atoms with Crippen LogP contribution in [-0.4, -0.2) is 10.8 Å². The second-order valence-corrected chi connectivity index (χ2v) is 3.71. The lowest BCUT2D eigenvalue weighted by Crippen LogP contribution is -1.99. The Kier molecular flexibility index (Phi) is 3.04. The zero-order chi connectivity index (χ0) is 10.0. The fourth-order valence-electron chi connectivity index (χ4n) is 1.04. The van der Waals surface area contributed by atoms with E-state index in [0.717, 1.165) is 5.69 Å².